The van der Waals surface area contributed by atoms with Gasteiger partial charge in [-0.25, -0.2) is 0 Å². The van der Waals surface area contributed by atoms with Crippen LogP contribution >= 0.6 is 0 Å². The topological polar surface area (TPSA) is 64.2 Å². The van der Waals surface area contributed by atoms with Crippen molar-refractivity contribution < 1.29 is 9.32 Å². The fourth-order valence-corrected chi connectivity index (χ4v) is 2.90. The standard InChI is InChI=1S/C15H20N4O2/c1-3-5-11-10-12(17-21-11)13-6-4-9-19(13)15(20)14-7-8-16-18(14)2/h7-8,10,13H,3-6,9H2,1-2H3. The van der Waals surface area contributed by atoms with E-state index in [4.69, 9.17) is 4.52 Å². The number of rotatable bonds is 4. The Morgan fingerprint density at radius 2 is 2.38 bits per heavy atom. The average molecular weight is 288 g/mol. The molecule has 0 spiro atoms. The van der Waals surface area contributed by atoms with Crippen molar-refractivity contribution in [2.75, 3.05) is 6.54 Å². The molecule has 112 valence electrons. The Morgan fingerprint density at radius 3 is 3.10 bits per heavy atom. The van der Waals surface area contributed by atoms with Crippen LogP contribution in [0.4, 0.5) is 0 Å². The van der Waals surface area contributed by atoms with E-state index in [1.165, 1.54) is 0 Å². The minimum atomic E-state index is 0.0116. The van der Waals surface area contributed by atoms with Crippen molar-refractivity contribution in [2.24, 2.45) is 7.05 Å². The summed E-state index contributed by atoms with van der Waals surface area (Å²) in [5.41, 5.74) is 1.48. The molecule has 0 saturated carbocycles. The van der Waals surface area contributed by atoms with Crippen LogP contribution < -0.4 is 0 Å². The van der Waals surface area contributed by atoms with Gasteiger partial charge in [0.25, 0.3) is 5.91 Å². The van der Waals surface area contributed by atoms with Crippen molar-refractivity contribution in [1.29, 1.82) is 0 Å². The Kier molecular flexibility index (Phi) is 3.77. The van der Waals surface area contributed by atoms with Crippen LogP contribution in [0.1, 0.15) is 54.2 Å². The van der Waals surface area contributed by atoms with Crippen LogP contribution in [0.2, 0.25) is 0 Å². The van der Waals surface area contributed by atoms with Gasteiger partial charge in [0.15, 0.2) is 0 Å². The van der Waals surface area contributed by atoms with E-state index in [1.807, 2.05) is 11.0 Å². The zero-order valence-corrected chi connectivity index (χ0v) is 12.5. The van der Waals surface area contributed by atoms with Crippen LogP contribution in [0.3, 0.4) is 0 Å². The molecule has 3 rings (SSSR count). The second-order valence-corrected chi connectivity index (χ2v) is 5.46. The van der Waals surface area contributed by atoms with Crippen LogP contribution in [0.25, 0.3) is 0 Å². The number of likely N-dealkylation sites (tertiary alicyclic amines) is 1. The average Bonchev–Trinajstić information content (AvgIpc) is 3.17. The quantitative estimate of drug-likeness (QED) is 0.866. The van der Waals surface area contributed by atoms with Crippen LogP contribution in [0, 0.1) is 0 Å². The van der Waals surface area contributed by atoms with Gasteiger partial charge in [0, 0.05) is 32.3 Å². The monoisotopic (exact) mass is 288 g/mol. The van der Waals surface area contributed by atoms with E-state index in [9.17, 15) is 4.79 Å². The van der Waals surface area contributed by atoms with Crippen LogP contribution in [-0.2, 0) is 13.5 Å². The summed E-state index contributed by atoms with van der Waals surface area (Å²) in [4.78, 5) is 14.5. The van der Waals surface area contributed by atoms with Gasteiger partial charge in [-0.3, -0.25) is 9.48 Å². The molecular weight excluding hydrogens is 268 g/mol. The fraction of sp³-hybridized carbons (Fsp3) is 0.533. The molecule has 2 aromatic heterocycles. The van der Waals surface area contributed by atoms with E-state index in [2.05, 4.69) is 17.2 Å². The van der Waals surface area contributed by atoms with Gasteiger partial charge in [-0.2, -0.15) is 5.10 Å². The number of carbonyl (C=O) groups excluding carboxylic acids is 1. The molecule has 1 atom stereocenters. The van der Waals surface area contributed by atoms with Gasteiger partial charge in [-0.05, 0) is 25.3 Å². The van der Waals surface area contributed by atoms with E-state index in [0.717, 1.165) is 43.7 Å². The van der Waals surface area contributed by atoms with Gasteiger partial charge in [0.2, 0.25) is 0 Å². The predicted molar refractivity (Wildman–Crippen MR) is 76.7 cm³/mol. The molecular formula is C15H20N4O2. The molecule has 1 saturated heterocycles. The fourth-order valence-electron chi connectivity index (χ4n) is 2.90. The maximum Gasteiger partial charge on any atom is 0.272 e. The number of hydrogen-bond donors (Lipinski definition) is 0. The van der Waals surface area contributed by atoms with E-state index < -0.39 is 0 Å². The summed E-state index contributed by atoms with van der Waals surface area (Å²) in [5.74, 6) is 0.907. The molecule has 1 aliphatic rings. The first kappa shape index (κ1) is 13.9. The van der Waals surface area contributed by atoms with Crippen molar-refractivity contribution in [1.82, 2.24) is 19.8 Å². The summed E-state index contributed by atoms with van der Waals surface area (Å²) in [5, 5.41) is 8.23. The Hall–Kier alpha value is -2.11. The first-order chi connectivity index (χ1) is 10.2. The van der Waals surface area contributed by atoms with Gasteiger partial charge in [0.1, 0.15) is 17.1 Å². The van der Waals surface area contributed by atoms with E-state index in [-0.39, 0.29) is 11.9 Å². The lowest BCUT2D eigenvalue weighted by molar-refractivity contribution is 0.0719. The third-order valence-electron chi connectivity index (χ3n) is 3.97. The second kappa shape index (κ2) is 5.71. The number of aromatic nitrogens is 3. The maximum absolute atomic E-state index is 12.7. The number of hydrogen-bond acceptors (Lipinski definition) is 4. The summed E-state index contributed by atoms with van der Waals surface area (Å²) < 4.78 is 6.97. The van der Waals surface area contributed by atoms with Crippen molar-refractivity contribution in [2.45, 2.75) is 38.6 Å². The largest absolute Gasteiger partial charge is 0.361 e. The van der Waals surface area contributed by atoms with Crippen LogP contribution in [0.15, 0.2) is 22.9 Å². The van der Waals surface area contributed by atoms with E-state index in [0.29, 0.717) is 5.69 Å². The van der Waals surface area contributed by atoms with Gasteiger partial charge < -0.3 is 9.42 Å². The highest BCUT2D eigenvalue weighted by atomic mass is 16.5. The van der Waals surface area contributed by atoms with Crippen molar-refractivity contribution in [3.05, 3.63) is 35.5 Å². The molecule has 0 aliphatic carbocycles. The Balaban J connectivity index is 1.81. The lowest BCUT2D eigenvalue weighted by atomic mass is 10.1. The maximum atomic E-state index is 12.7. The lowest BCUT2D eigenvalue weighted by Gasteiger charge is -2.22. The summed E-state index contributed by atoms with van der Waals surface area (Å²) >= 11 is 0. The molecule has 0 bridgehead atoms. The molecule has 0 radical (unpaired) electrons. The SMILES string of the molecule is CCCc1cc(C2CCCN2C(=O)c2ccnn2C)no1. The minimum absolute atomic E-state index is 0.0116. The smallest absolute Gasteiger partial charge is 0.272 e. The first-order valence-electron chi connectivity index (χ1n) is 7.45. The third kappa shape index (κ3) is 2.57. The number of carbonyl (C=O) groups is 1. The van der Waals surface area contributed by atoms with Crippen LogP contribution in [0.5, 0.6) is 0 Å². The van der Waals surface area contributed by atoms with Crippen molar-refractivity contribution in [3.8, 4) is 0 Å². The minimum Gasteiger partial charge on any atom is -0.361 e. The normalized spacial score (nSPS) is 18.4. The zero-order chi connectivity index (χ0) is 14.8. The molecule has 0 N–H and O–H groups in total. The molecule has 1 unspecified atom stereocenters. The highest BCUT2D eigenvalue weighted by Gasteiger charge is 2.33. The van der Waals surface area contributed by atoms with E-state index >= 15 is 0 Å². The molecule has 6 nitrogen and oxygen atoms in total. The lowest BCUT2D eigenvalue weighted by Crippen LogP contribution is -2.32. The van der Waals surface area contributed by atoms with Crippen LogP contribution in [-0.4, -0.2) is 32.3 Å². The molecule has 6 heteroatoms. The molecule has 0 aromatic carbocycles. The first-order valence-corrected chi connectivity index (χ1v) is 7.45. The Labute approximate surface area is 123 Å². The summed E-state index contributed by atoms with van der Waals surface area (Å²) in [7, 11) is 1.79. The zero-order valence-electron chi connectivity index (χ0n) is 12.5. The highest BCUT2D eigenvalue weighted by Crippen LogP contribution is 2.32. The molecule has 3 heterocycles. The Bertz CT molecular complexity index is 631. The van der Waals surface area contributed by atoms with Gasteiger partial charge in [0.05, 0.1) is 6.04 Å². The second-order valence-electron chi connectivity index (χ2n) is 5.46. The molecule has 1 amide bonds. The molecule has 1 aliphatic heterocycles. The number of nitrogens with zero attached hydrogens (tertiary/aromatic N) is 4. The van der Waals surface area contributed by atoms with Crippen molar-refractivity contribution in [3.63, 3.8) is 0 Å². The molecule has 1 fully saturated rings. The van der Waals surface area contributed by atoms with E-state index in [1.54, 1.807) is 24.0 Å². The number of amides is 1. The molecule has 21 heavy (non-hydrogen) atoms. The molecule has 2 aromatic rings. The summed E-state index contributed by atoms with van der Waals surface area (Å²) in [6.07, 6.45) is 5.48. The summed E-state index contributed by atoms with van der Waals surface area (Å²) in [6, 6.07) is 3.76. The summed E-state index contributed by atoms with van der Waals surface area (Å²) in [6.45, 7) is 2.86. The van der Waals surface area contributed by atoms with Gasteiger partial charge in [-0.15, -0.1) is 0 Å². The number of aryl methyl sites for hydroxylation is 2. The predicted octanol–water partition coefficient (Wildman–Crippen LogP) is 2.34. The highest BCUT2D eigenvalue weighted by molar-refractivity contribution is 5.93. The third-order valence-corrected chi connectivity index (χ3v) is 3.97. The Morgan fingerprint density at radius 1 is 1.52 bits per heavy atom. The van der Waals surface area contributed by atoms with Crippen molar-refractivity contribution >= 4 is 5.91 Å². The van der Waals surface area contributed by atoms with Gasteiger partial charge in [-0.1, -0.05) is 12.1 Å². The van der Waals surface area contributed by atoms with Gasteiger partial charge >= 0.3 is 0 Å².